The summed E-state index contributed by atoms with van der Waals surface area (Å²) in [6.07, 6.45) is 6.00. The first-order valence-electron chi connectivity index (χ1n) is 10.2. The van der Waals surface area contributed by atoms with Gasteiger partial charge in [-0.15, -0.1) is 0 Å². The second-order valence-electron chi connectivity index (χ2n) is 8.52. The molecule has 0 radical (unpaired) electrons. The SMILES string of the molecule is C=C(C)C(=O)OC[C@H]1O[C@@H]2OC3(CCCC3)O[C@@H]2[C@H]2OC3(CCCC3)O[C@H]21. The van der Waals surface area contributed by atoms with Crippen molar-refractivity contribution in [3.05, 3.63) is 12.2 Å². The maximum absolute atomic E-state index is 11.9. The minimum absolute atomic E-state index is 0.0892. The summed E-state index contributed by atoms with van der Waals surface area (Å²) in [6, 6.07) is 0. The molecule has 3 heterocycles. The highest BCUT2D eigenvalue weighted by molar-refractivity contribution is 5.86. The summed E-state index contributed by atoms with van der Waals surface area (Å²) in [7, 11) is 0. The zero-order chi connectivity index (χ0) is 18.6. The monoisotopic (exact) mass is 380 g/mol. The molecule has 0 aromatic heterocycles. The lowest BCUT2D eigenvalue weighted by atomic mass is 9.99. The van der Waals surface area contributed by atoms with Gasteiger partial charge in [0, 0.05) is 31.3 Å². The molecule has 5 rings (SSSR count). The molecule has 0 aromatic rings. The van der Waals surface area contributed by atoms with Gasteiger partial charge in [-0.05, 0) is 32.6 Å². The molecule has 0 unspecified atom stereocenters. The molecule has 3 saturated heterocycles. The van der Waals surface area contributed by atoms with Gasteiger partial charge in [0.2, 0.25) is 0 Å². The zero-order valence-corrected chi connectivity index (χ0v) is 15.8. The van der Waals surface area contributed by atoms with Crippen LogP contribution < -0.4 is 0 Å². The van der Waals surface area contributed by atoms with Crippen molar-refractivity contribution in [2.45, 2.75) is 101 Å². The number of fused-ring (bicyclic) bond motifs is 3. The molecule has 3 aliphatic heterocycles. The lowest BCUT2D eigenvalue weighted by molar-refractivity contribution is -0.247. The highest BCUT2D eigenvalue weighted by Gasteiger charge is 2.64. The average Bonchev–Trinajstić information content (AvgIpc) is 3.41. The zero-order valence-electron chi connectivity index (χ0n) is 15.8. The standard InChI is InChI=1S/C20H28O7/c1-12(2)17(21)22-11-13-14-15(25-19(24-14)7-3-4-8-19)16-18(23-13)27-20(26-16)9-5-6-10-20/h13-16,18H,1,3-11H2,2H3/t13-,14+,15+,16-,18-/m1/s1. The second kappa shape index (κ2) is 6.52. The van der Waals surface area contributed by atoms with Gasteiger partial charge in [0.1, 0.15) is 31.0 Å². The van der Waals surface area contributed by atoms with Gasteiger partial charge >= 0.3 is 5.97 Å². The van der Waals surface area contributed by atoms with E-state index in [1.165, 1.54) is 0 Å². The molecule has 2 aliphatic carbocycles. The van der Waals surface area contributed by atoms with Crippen LogP contribution in [-0.2, 0) is 33.2 Å². The highest BCUT2D eigenvalue weighted by atomic mass is 16.9. The third kappa shape index (κ3) is 3.04. The quantitative estimate of drug-likeness (QED) is 0.550. The second-order valence-corrected chi connectivity index (χ2v) is 8.52. The molecule has 2 spiro atoms. The molecule has 5 aliphatic rings. The van der Waals surface area contributed by atoms with Gasteiger partial charge in [0.15, 0.2) is 17.9 Å². The van der Waals surface area contributed by atoms with Crippen LogP contribution in [0.1, 0.15) is 58.3 Å². The predicted molar refractivity (Wildman–Crippen MR) is 92.5 cm³/mol. The largest absolute Gasteiger partial charge is 0.459 e. The first-order valence-corrected chi connectivity index (χ1v) is 10.2. The Morgan fingerprint density at radius 3 is 2.11 bits per heavy atom. The van der Waals surface area contributed by atoms with E-state index in [0.717, 1.165) is 51.4 Å². The molecule has 7 heteroatoms. The number of carbonyl (C=O) groups excluding carboxylic acids is 1. The fourth-order valence-electron chi connectivity index (χ4n) is 5.10. The number of hydrogen-bond acceptors (Lipinski definition) is 7. The van der Waals surface area contributed by atoms with Crippen LogP contribution in [0.15, 0.2) is 12.2 Å². The van der Waals surface area contributed by atoms with Crippen LogP contribution in [-0.4, -0.2) is 54.9 Å². The van der Waals surface area contributed by atoms with Gasteiger partial charge in [0.05, 0.1) is 0 Å². The van der Waals surface area contributed by atoms with Crippen molar-refractivity contribution in [1.29, 1.82) is 0 Å². The van der Waals surface area contributed by atoms with E-state index in [-0.39, 0.29) is 24.9 Å². The molecule has 5 fully saturated rings. The van der Waals surface area contributed by atoms with Gasteiger partial charge in [-0.1, -0.05) is 6.58 Å². The van der Waals surface area contributed by atoms with Crippen molar-refractivity contribution in [2.75, 3.05) is 6.61 Å². The van der Waals surface area contributed by atoms with Crippen molar-refractivity contribution in [3.63, 3.8) is 0 Å². The van der Waals surface area contributed by atoms with Gasteiger partial charge in [-0.3, -0.25) is 0 Å². The number of hydrogen-bond donors (Lipinski definition) is 0. The average molecular weight is 380 g/mol. The predicted octanol–water partition coefficient (Wildman–Crippen LogP) is 2.57. The molecule has 150 valence electrons. The van der Waals surface area contributed by atoms with Gasteiger partial charge < -0.3 is 28.4 Å². The number of esters is 1. The molecule has 27 heavy (non-hydrogen) atoms. The van der Waals surface area contributed by atoms with E-state index in [1.807, 2.05) is 0 Å². The molecule has 0 N–H and O–H groups in total. The number of rotatable bonds is 3. The lowest BCUT2D eigenvalue weighted by Gasteiger charge is -2.36. The molecular formula is C20H28O7. The molecule has 0 aromatic carbocycles. The third-order valence-electron chi connectivity index (χ3n) is 6.43. The van der Waals surface area contributed by atoms with E-state index < -0.39 is 29.9 Å². The topological polar surface area (TPSA) is 72.5 Å². The Morgan fingerprint density at radius 2 is 1.48 bits per heavy atom. The summed E-state index contributed by atoms with van der Waals surface area (Å²) in [6.45, 7) is 5.35. The van der Waals surface area contributed by atoms with Crippen LogP contribution in [0, 0.1) is 0 Å². The van der Waals surface area contributed by atoms with Crippen molar-refractivity contribution in [3.8, 4) is 0 Å². The van der Waals surface area contributed by atoms with Crippen molar-refractivity contribution < 1.29 is 33.2 Å². The number of carbonyl (C=O) groups is 1. The van der Waals surface area contributed by atoms with Crippen LogP contribution in [0.3, 0.4) is 0 Å². The first kappa shape index (κ1) is 18.1. The molecular weight excluding hydrogens is 352 g/mol. The normalized spacial score (nSPS) is 41.0. The fourth-order valence-corrected chi connectivity index (χ4v) is 5.10. The Balaban J connectivity index is 1.37. The van der Waals surface area contributed by atoms with E-state index in [9.17, 15) is 4.79 Å². The fraction of sp³-hybridized carbons (Fsp3) is 0.850. The summed E-state index contributed by atoms with van der Waals surface area (Å²) in [5.41, 5.74) is 0.362. The van der Waals surface area contributed by atoms with Crippen molar-refractivity contribution >= 4 is 5.97 Å². The van der Waals surface area contributed by atoms with Crippen LogP contribution in [0.4, 0.5) is 0 Å². The summed E-state index contributed by atoms with van der Waals surface area (Å²) in [4.78, 5) is 11.9. The van der Waals surface area contributed by atoms with E-state index in [1.54, 1.807) is 6.92 Å². The van der Waals surface area contributed by atoms with Crippen LogP contribution in [0.5, 0.6) is 0 Å². The van der Waals surface area contributed by atoms with E-state index in [0.29, 0.717) is 5.57 Å². The Morgan fingerprint density at radius 1 is 0.926 bits per heavy atom. The molecule has 7 nitrogen and oxygen atoms in total. The van der Waals surface area contributed by atoms with E-state index in [4.69, 9.17) is 28.4 Å². The molecule has 2 saturated carbocycles. The minimum atomic E-state index is -0.558. The van der Waals surface area contributed by atoms with Crippen molar-refractivity contribution in [2.24, 2.45) is 0 Å². The van der Waals surface area contributed by atoms with E-state index >= 15 is 0 Å². The summed E-state index contributed by atoms with van der Waals surface area (Å²) >= 11 is 0. The maximum Gasteiger partial charge on any atom is 0.333 e. The lowest BCUT2D eigenvalue weighted by Crippen LogP contribution is -2.56. The molecule has 0 bridgehead atoms. The molecule has 5 atom stereocenters. The summed E-state index contributed by atoms with van der Waals surface area (Å²) in [5.74, 6) is -1.54. The van der Waals surface area contributed by atoms with Gasteiger partial charge in [0.25, 0.3) is 0 Å². The Labute approximate surface area is 159 Å². The van der Waals surface area contributed by atoms with Gasteiger partial charge in [-0.2, -0.15) is 0 Å². The number of ether oxygens (including phenoxy) is 6. The molecule has 0 amide bonds. The Kier molecular flexibility index (Phi) is 4.37. The van der Waals surface area contributed by atoms with Crippen LogP contribution in [0.25, 0.3) is 0 Å². The highest BCUT2D eigenvalue weighted by Crippen LogP contribution is 2.51. The summed E-state index contributed by atoms with van der Waals surface area (Å²) < 4.78 is 37.0. The van der Waals surface area contributed by atoms with E-state index in [2.05, 4.69) is 6.58 Å². The Hall–Kier alpha value is -0.990. The van der Waals surface area contributed by atoms with Crippen molar-refractivity contribution in [1.82, 2.24) is 0 Å². The third-order valence-corrected chi connectivity index (χ3v) is 6.43. The first-order chi connectivity index (χ1) is 13.0. The minimum Gasteiger partial charge on any atom is -0.459 e. The van der Waals surface area contributed by atoms with Crippen LogP contribution >= 0.6 is 0 Å². The maximum atomic E-state index is 11.9. The Bertz CT molecular complexity index is 620. The van der Waals surface area contributed by atoms with Crippen LogP contribution in [0.2, 0.25) is 0 Å². The van der Waals surface area contributed by atoms with Gasteiger partial charge in [-0.25, -0.2) is 4.79 Å². The smallest absolute Gasteiger partial charge is 0.333 e. The summed E-state index contributed by atoms with van der Waals surface area (Å²) in [5, 5.41) is 0.